The standard InChI is InChI=1S/C13H16N2O2/c1-2-9-14-12(16)8-10-15-13(17)11-6-4-3-5-7-11/h2-7H,1,8-10H2,(H,14,16)(H,15,17). The van der Waals surface area contributed by atoms with Crippen LogP contribution in [0.4, 0.5) is 0 Å². The fraction of sp³-hybridized carbons (Fsp3) is 0.231. The van der Waals surface area contributed by atoms with E-state index in [2.05, 4.69) is 17.2 Å². The minimum Gasteiger partial charge on any atom is -0.353 e. The Morgan fingerprint density at radius 3 is 2.53 bits per heavy atom. The number of carbonyl (C=O) groups excluding carboxylic acids is 2. The predicted octanol–water partition coefficient (Wildman–Crippen LogP) is 1.11. The third-order valence-corrected chi connectivity index (χ3v) is 2.12. The highest BCUT2D eigenvalue weighted by atomic mass is 16.2. The lowest BCUT2D eigenvalue weighted by Gasteiger charge is -2.05. The number of hydrogen-bond acceptors (Lipinski definition) is 2. The first-order chi connectivity index (χ1) is 8.24. The van der Waals surface area contributed by atoms with Gasteiger partial charge in [-0.2, -0.15) is 0 Å². The molecule has 4 heteroatoms. The Hall–Kier alpha value is -2.10. The van der Waals surface area contributed by atoms with Crippen LogP contribution in [0.1, 0.15) is 16.8 Å². The fourth-order valence-electron chi connectivity index (χ4n) is 1.26. The molecule has 0 spiro atoms. The molecule has 1 rings (SSSR count). The van der Waals surface area contributed by atoms with E-state index in [4.69, 9.17) is 0 Å². The van der Waals surface area contributed by atoms with Gasteiger partial charge >= 0.3 is 0 Å². The van der Waals surface area contributed by atoms with Gasteiger partial charge in [0.1, 0.15) is 0 Å². The lowest BCUT2D eigenvalue weighted by molar-refractivity contribution is -0.120. The molecule has 0 aliphatic rings. The van der Waals surface area contributed by atoms with Crippen LogP contribution in [-0.4, -0.2) is 24.9 Å². The first-order valence-electron chi connectivity index (χ1n) is 5.45. The molecule has 0 atom stereocenters. The van der Waals surface area contributed by atoms with Crippen molar-refractivity contribution in [2.24, 2.45) is 0 Å². The zero-order valence-electron chi connectivity index (χ0n) is 9.61. The number of hydrogen-bond donors (Lipinski definition) is 2. The average molecular weight is 232 g/mol. The monoisotopic (exact) mass is 232 g/mol. The summed E-state index contributed by atoms with van der Waals surface area (Å²) in [5.74, 6) is -0.264. The summed E-state index contributed by atoms with van der Waals surface area (Å²) in [5.41, 5.74) is 0.596. The molecule has 1 aromatic carbocycles. The summed E-state index contributed by atoms with van der Waals surface area (Å²) < 4.78 is 0. The molecule has 0 aromatic heterocycles. The largest absolute Gasteiger partial charge is 0.353 e. The van der Waals surface area contributed by atoms with Crippen LogP contribution in [0.2, 0.25) is 0 Å². The zero-order valence-corrected chi connectivity index (χ0v) is 9.61. The van der Waals surface area contributed by atoms with Gasteiger partial charge in [0.25, 0.3) is 5.91 Å². The van der Waals surface area contributed by atoms with Crippen molar-refractivity contribution in [1.29, 1.82) is 0 Å². The predicted molar refractivity (Wildman–Crippen MR) is 66.6 cm³/mol. The maximum Gasteiger partial charge on any atom is 0.251 e. The van der Waals surface area contributed by atoms with E-state index in [1.165, 1.54) is 0 Å². The number of rotatable bonds is 6. The lowest BCUT2D eigenvalue weighted by atomic mass is 10.2. The molecular weight excluding hydrogens is 216 g/mol. The maximum absolute atomic E-state index is 11.6. The molecule has 1 aromatic rings. The summed E-state index contributed by atoms with van der Waals surface area (Å²) in [6.45, 7) is 4.28. The van der Waals surface area contributed by atoms with Crippen LogP contribution in [0, 0.1) is 0 Å². The van der Waals surface area contributed by atoms with Crippen LogP contribution in [0.3, 0.4) is 0 Å². The summed E-state index contributed by atoms with van der Waals surface area (Å²) in [6.07, 6.45) is 1.88. The highest BCUT2D eigenvalue weighted by Crippen LogP contribution is 1.97. The third kappa shape index (κ3) is 4.97. The lowest BCUT2D eigenvalue weighted by Crippen LogP contribution is -2.30. The Labute approximate surface area is 101 Å². The van der Waals surface area contributed by atoms with Gasteiger partial charge in [-0.15, -0.1) is 6.58 Å². The number of carbonyl (C=O) groups is 2. The van der Waals surface area contributed by atoms with Crippen LogP contribution in [-0.2, 0) is 4.79 Å². The van der Waals surface area contributed by atoms with Crippen molar-refractivity contribution in [3.8, 4) is 0 Å². The summed E-state index contributed by atoms with van der Waals surface area (Å²) >= 11 is 0. The van der Waals surface area contributed by atoms with E-state index < -0.39 is 0 Å². The summed E-state index contributed by atoms with van der Waals surface area (Å²) in [5, 5.41) is 5.32. The van der Waals surface area contributed by atoms with E-state index in [-0.39, 0.29) is 18.2 Å². The average Bonchev–Trinajstić information content (AvgIpc) is 2.37. The highest BCUT2D eigenvalue weighted by molar-refractivity contribution is 5.94. The van der Waals surface area contributed by atoms with Crippen LogP contribution in [0.5, 0.6) is 0 Å². The first-order valence-corrected chi connectivity index (χ1v) is 5.45. The van der Waals surface area contributed by atoms with E-state index in [1.54, 1.807) is 30.3 Å². The molecule has 0 radical (unpaired) electrons. The molecule has 0 unspecified atom stereocenters. The van der Waals surface area contributed by atoms with Gasteiger partial charge in [0.05, 0.1) is 0 Å². The number of amides is 2. The summed E-state index contributed by atoms with van der Waals surface area (Å²) in [6, 6.07) is 8.90. The van der Waals surface area contributed by atoms with Crippen LogP contribution >= 0.6 is 0 Å². The smallest absolute Gasteiger partial charge is 0.251 e. The molecule has 90 valence electrons. The molecule has 2 amide bonds. The van der Waals surface area contributed by atoms with Crippen molar-refractivity contribution >= 4 is 11.8 Å². The molecule has 0 aliphatic carbocycles. The quantitative estimate of drug-likeness (QED) is 0.722. The van der Waals surface area contributed by atoms with Gasteiger partial charge in [-0.1, -0.05) is 24.3 Å². The Kier molecular flexibility index (Phi) is 5.51. The minimum atomic E-state index is -0.165. The van der Waals surface area contributed by atoms with Gasteiger partial charge in [-0.25, -0.2) is 0 Å². The highest BCUT2D eigenvalue weighted by Gasteiger charge is 2.04. The van der Waals surface area contributed by atoms with E-state index in [0.29, 0.717) is 18.7 Å². The second kappa shape index (κ2) is 7.22. The molecule has 4 nitrogen and oxygen atoms in total. The zero-order chi connectivity index (χ0) is 12.5. The molecule has 0 saturated heterocycles. The Balaban J connectivity index is 2.25. The molecule has 2 N–H and O–H groups in total. The number of benzene rings is 1. The van der Waals surface area contributed by atoms with E-state index in [0.717, 1.165) is 0 Å². The van der Waals surface area contributed by atoms with Crippen molar-refractivity contribution in [3.05, 3.63) is 48.6 Å². The topological polar surface area (TPSA) is 58.2 Å². The van der Waals surface area contributed by atoms with E-state index in [1.807, 2.05) is 6.07 Å². The molecule has 0 aliphatic heterocycles. The molecular formula is C13H16N2O2. The Bertz CT molecular complexity index is 388. The summed E-state index contributed by atoms with van der Waals surface area (Å²) in [4.78, 5) is 22.8. The normalized spacial score (nSPS) is 9.41. The summed E-state index contributed by atoms with van der Waals surface area (Å²) in [7, 11) is 0. The maximum atomic E-state index is 11.6. The van der Waals surface area contributed by atoms with E-state index in [9.17, 15) is 9.59 Å². The van der Waals surface area contributed by atoms with Gasteiger partial charge in [0.2, 0.25) is 5.91 Å². The first kappa shape index (κ1) is 13.0. The van der Waals surface area contributed by atoms with Crippen LogP contribution in [0.25, 0.3) is 0 Å². The Morgan fingerprint density at radius 2 is 1.88 bits per heavy atom. The van der Waals surface area contributed by atoms with E-state index >= 15 is 0 Å². The molecule has 0 fully saturated rings. The third-order valence-electron chi connectivity index (χ3n) is 2.12. The fourth-order valence-corrected chi connectivity index (χ4v) is 1.26. The number of nitrogens with one attached hydrogen (secondary N) is 2. The molecule has 17 heavy (non-hydrogen) atoms. The molecule has 0 bridgehead atoms. The van der Waals surface area contributed by atoms with Gasteiger partial charge in [0, 0.05) is 25.1 Å². The minimum absolute atomic E-state index is 0.0988. The SMILES string of the molecule is C=CCNC(=O)CCNC(=O)c1ccccc1. The van der Waals surface area contributed by atoms with Gasteiger partial charge in [-0.3, -0.25) is 9.59 Å². The molecule has 0 saturated carbocycles. The van der Waals surface area contributed by atoms with Crippen molar-refractivity contribution in [3.63, 3.8) is 0 Å². The van der Waals surface area contributed by atoms with Gasteiger partial charge < -0.3 is 10.6 Å². The van der Waals surface area contributed by atoms with Crippen molar-refractivity contribution < 1.29 is 9.59 Å². The van der Waals surface area contributed by atoms with Crippen molar-refractivity contribution in [1.82, 2.24) is 10.6 Å². The van der Waals surface area contributed by atoms with Crippen molar-refractivity contribution in [2.75, 3.05) is 13.1 Å². The van der Waals surface area contributed by atoms with Crippen LogP contribution in [0.15, 0.2) is 43.0 Å². The second-order valence-corrected chi connectivity index (χ2v) is 3.46. The Morgan fingerprint density at radius 1 is 1.18 bits per heavy atom. The van der Waals surface area contributed by atoms with Crippen LogP contribution < -0.4 is 10.6 Å². The van der Waals surface area contributed by atoms with Gasteiger partial charge in [0.15, 0.2) is 0 Å². The van der Waals surface area contributed by atoms with Crippen molar-refractivity contribution in [2.45, 2.75) is 6.42 Å². The molecule has 0 heterocycles. The van der Waals surface area contributed by atoms with Gasteiger partial charge in [-0.05, 0) is 12.1 Å². The second-order valence-electron chi connectivity index (χ2n) is 3.46.